The van der Waals surface area contributed by atoms with Crippen LogP contribution in [0.5, 0.6) is 0 Å². The van der Waals surface area contributed by atoms with E-state index in [1.807, 2.05) is 0 Å². The maximum absolute atomic E-state index is 11.3. The Hall–Kier alpha value is -1.46. The number of unbranched alkanes of at least 4 members (excludes halogenated alkanes) is 8. The van der Waals surface area contributed by atoms with E-state index in [0.717, 1.165) is 12.8 Å². The molecule has 0 bridgehead atoms. The number of rotatable bonds is 11. The lowest BCUT2D eigenvalue weighted by Crippen LogP contribution is -2.47. The minimum atomic E-state index is -0.657. The first-order valence-electron chi connectivity index (χ1n) is 8.17. The normalized spacial score (nSPS) is 10.0. The van der Waals surface area contributed by atoms with Gasteiger partial charge in [0.1, 0.15) is 0 Å². The van der Waals surface area contributed by atoms with Crippen molar-refractivity contribution in [3.05, 3.63) is 0 Å². The first kappa shape index (κ1) is 19.5. The monoisotopic (exact) mass is 301 g/mol. The minimum Gasteiger partial charge on any atom is -0.449 e. The molecule has 6 heteroatoms. The number of hydrazine groups is 1. The molecule has 3 N–H and O–H groups in total. The summed E-state index contributed by atoms with van der Waals surface area (Å²) < 4.78 is 4.60. The van der Waals surface area contributed by atoms with E-state index in [0.29, 0.717) is 6.54 Å². The van der Waals surface area contributed by atoms with E-state index in [1.54, 1.807) is 6.92 Å². The summed E-state index contributed by atoms with van der Waals surface area (Å²) >= 11 is 0. The number of urea groups is 1. The number of hydrogen-bond acceptors (Lipinski definition) is 3. The summed E-state index contributed by atoms with van der Waals surface area (Å²) in [6.07, 6.45) is 10.6. The maximum Gasteiger partial charge on any atom is 0.426 e. The van der Waals surface area contributed by atoms with Gasteiger partial charge in [0.25, 0.3) is 0 Å². The quantitative estimate of drug-likeness (QED) is 0.404. The van der Waals surface area contributed by atoms with Gasteiger partial charge < -0.3 is 10.1 Å². The Labute approximate surface area is 128 Å². The van der Waals surface area contributed by atoms with Crippen LogP contribution in [0.2, 0.25) is 0 Å². The van der Waals surface area contributed by atoms with Crippen molar-refractivity contribution < 1.29 is 14.3 Å². The molecule has 0 saturated carbocycles. The lowest BCUT2D eigenvalue weighted by molar-refractivity contribution is 0.147. The predicted molar refractivity (Wildman–Crippen MR) is 83.9 cm³/mol. The van der Waals surface area contributed by atoms with Gasteiger partial charge in [-0.3, -0.25) is 0 Å². The molecule has 0 atom stereocenters. The second kappa shape index (κ2) is 14.9. The fraction of sp³-hybridized carbons (Fsp3) is 0.867. The Kier molecular flexibility index (Phi) is 13.9. The number of ether oxygens (including phenoxy) is 1. The van der Waals surface area contributed by atoms with E-state index in [4.69, 9.17) is 0 Å². The Morgan fingerprint density at radius 1 is 0.810 bits per heavy atom. The molecule has 0 heterocycles. The topological polar surface area (TPSA) is 79.5 Å². The van der Waals surface area contributed by atoms with Crippen molar-refractivity contribution in [1.82, 2.24) is 16.2 Å². The summed E-state index contributed by atoms with van der Waals surface area (Å²) in [5, 5.41) is 2.68. The van der Waals surface area contributed by atoms with Gasteiger partial charge >= 0.3 is 12.1 Å². The van der Waals surface area contributed by atoms with Crippen molar-refractivity contribution in [2.24, 2.45) is 0 Å². The molecule has 0 aliphatic rings. The van der Waals surface area contributed by atoms with Crippen molar-refractivity contribution in [2.75, 3.05) is 13.2 Å². The van der Waals surface area contributed by atoms with E-state index >= 15 is 0 Å². The average molecular weight is 301 g/mol. The van der Waals surface area contributed by atoms with E-state index in [1.165, 1.54) is 44.9 Å². The third kappa shape index (κ3) is 14.8. The first-order chi connectivity index (χ1) is 10.2. The lowest BCUT2D eigenvalue weighted by Gasteiger charge is -2.08. The standard InChI is InChI=1S/C15H31N3O3/c1-3-5-6-7-8-9-10-11-12-13-16-14(19)17-18-15(20)21-4-2/h3-13H2,1-2H3,(H,18,20)(H2,16,17,19). The second-order valence-electron chi connectivity index (χ2n) is 5.05. The molecular weight excluding hydrogens is 270 g/mol. The number of carbonyl (C=O) groups excluding carboxylic acids is 2. The summed E-state index contributed by atoms with van der Waals surface area (Å²) in [4.78, 5) is 22.2. The molecule has 0 aromatic rings. The van der Waals surface area contributed by atoms with Crippen molar-refractivity contribution in [1.29, 1.82) is 0 Å². The van der Waals surface area contributed by atoms with E-state index < -0.39 is 12.1 Å². The van der Waals surface area contributed by atoms with Crippen molar-refractivity contribution in [2.45, 2.75) is 71.6 Å². The molecule has 0 rings (SSSR count). The van der Waals surface area contributed by atoms with Crippen LogP contribution in [0.25, 0.3) is 0 Å². The van der Waals surface area contributed by atoms with Crippen LogP contribution >= 0.6 is 0 Å². The van der Waals surface area contributed by atoms with Crippen molar-refractivity contribution in [3.8, 4) is 0 Å². The highest BCUT2D eigenvalue weighted by Gasteiger charge is 2.02. The number of amides is 3. The summed E-state index contributed by atoms with van der Waals surface area (Å²) in [6, 6.07) is -0.414. The van der Waals surface area contributed by atoms with Gasteiger partial charge in [0.2, 0.25) is 0 Å². The van der Waals surface area contributed by atoms with Gasteiger partial charge in [-0.15, -0.1) is 0 Å². The number of carbonyl (C=O) groups is 2. The summed E-state index contributed by atoms with van der Waals surface area (Å²) in [6.45, 7) is 4.81. The Morgan fingerprint density at radius 2 is 1.38 bits per heavy atom. The van der Waals surface area contributed by atoms with E-state index in [2.05, 4.69) is 27.8 Å². The molecule has 21 heavy (non-hydrogen) atoms. The zero-order chi connectivity index (χ0) is 15.8. The zero-order valence-electron chi connectivity index (χ0n) is 13.5. The van der Waals surface area contributed by atoms with Gasteiger partial charge in [-0.05, 0) is 13.3 Å². The Balaban J connectivity index is 3.23. The van der Waals surface area contributed by atoms with Crippen molar-refractivity contribution >= 4 is 12.1 Å². The molecule has 0 aromatic carbocycles. The van der Waals surface area contributed by atoms with Gasteiger partial charge in [-0.2, -0.15) is 0 Å². The largest absolute Gasteiger partial charge is 0.449 e. The number of hydrogen-bond donors (Lipinski definition) is 3. The summed E-state index contributed by atoms with van der Waals surface area (Å²) in [7, 11) is 0. The third-order valence-electron chi connectivity index (χ3n) is 3.12. The fourth-order valence-electron chi connectivity index (χ4n) is 1.96. The van der Waals surface area contributed by atoms with Crippen LogP contribution in [0, 0.1) is 0 Å². The van der Waals surface area contributed by atoms with Crippen LogP contribution in [0.4, 0.5) is 9.59 Å². The molecule has 124 valence electrons. The molecule has 0 aromatic heterocycles. The van der Waals surface area contributed by atoms with Gasteiger partial charge in [0, 0.05) is 6.54 Å². The van der Waals surface area contributed by atoms with Gasteiger partial charge in [0.05, 0.1) is 6.61 Å². The minimum absolute atomic E-state index is 0.271. The molecule has 0 aliphatic carbocycles. The molecule has 0 aliphatic heterocycles. The SMILES string of the molecule is CCCCCCCCCCCNC(=O)NNC(=O)OCC. The fourth-order valence-corrected chi connectivity index (χ4v) is 1.96. The molecule has 0 saturated heterocycles. The summed E-state index contributed by atoms with van der Waals surface area (Å²) in [5.41, 5.74) is 4.37. The lowest BCUT2D eigenvalue weighted by atomic mass is 10.1. The summed E-state index contributed by atoms with van der Waals surface area (Å²) in [5.74, 6) is 0. The van der Waals surface area contributed by atoms with Crippen LogP contribution in [0.1, 0.15) is 71.6 Å². The highest BCUT2D eigenvalue weighted by atomic mass is 16.6. The van der Waals surface area contributed by atoms with Crippen LogP contribution in [-0.2, 0) is 4.74 Å². The number of nitrogens with one attached hydrogen (secondary N) is 3. The Morgan fingerprint density at radius 3 is 1.95 bits per heavy atom. The first-order valence-corrected chi connectivity index (χ1v) is 8.17. The molecule has 0 unspecified atom stereocenters. The zero-order valence-corrected chi connectivity index (χ0v) is 13.5. The molecule has 0 radical (unpaired) electrons. The van der Waals surface area contributed by atoms with Gasteiger partial charge in [-0.25, -0.2) is 20.4 Å². The van der Waals surface area contributed by atoms with Crippen LogP contribution < -0.4 is 16.2 Å². The molecule has 6 nitrogen and oxygen atoms in total. The highest BCUT2D eigenvalue weighted by molar-refractivity contribution is 5.77. The van der Waals surface area contributed by atoms with E-state index in [9.17, 15) is 9.59 Å². The maximum atomic E-state index is 11.3. The molecule has 3 amide bonds. The highest BCUT2D eigenvalue weighted by Crippen LogP contribution is 2.09. The predicted octanol–water partition coefficient (Wildman–Crippen LogP) is 3.48. The second-order valence-corrected chi connectivity index (χ2v) is 5.05. The van der Waals surface area contributed by atoms with Crippen LogP contribution in [-0.4, -0.2) is 25.3 Å². The molecule has 0 fully saturated rings. The van der Waals surface area contributed by atoms with E-state index in [-0.39, 0.29) is 6.61 Å². The molecule has 0 spiro atoms. The Bertz CT molecular complexity index is 273. The molecular formula is C15H31N3O3. The van der Waals surface area contributed by atoms with Crippen LogP contribution in [0.3, 0.4) is 0 Å². The van der Waals surface area contributed by atoms with Gasteiger partial charge in [0.15, 0.2) is 0 Å². The van der Waals surface area contributed by atoms with Crippen molar-refractivity contribution in [3.63, 3.8) is 0 Å². The smallest absolute Gasteiger partial charge is 0.426 e. The third-order valence-corrected chi connectivity index (χ3v) is 3.12. The van der Waals surface area contributed by atoms with Crippen LogP contribution in [0.15, 0.2) is 0 Å². The van der Waals surface area contributed by atoms with Gasteiger partial charge in [-0.1, -0.05) is 58.3 Å². The average Bonchev–Trinajstić information content (AvgIpc) is 2.47.